The minimum atomic E-state index is -5.12. The number of nitrogens with zero attached hydrogens (tertiary/aromatic N) is 1. The molecule has 11 heteroatoms. The van der Waals surface area contributed by atoms with Gasteiger partial charge in [-0.2, -0.15) is 17.6 Å². The summed E-state index contributed by atoms with van der Waals surface area (Å²) >= 11 is 0. The van der Waals surface area contributed by atoms with Crippen LogP contribution < -0.4 is 0 Å². The largest absolute Gasteiger partial charge is 0.419 e. The number of rotatable bonds is 9. The van der Waals surface area contributed by atoms with Crippen molar-refractivity contribution in [3.05, 3.63) is 35.4 Å². The van der Waals surface area contributed by atoms with Crippen LogP contribution in [0.2, 0.25) is 0 Å². The number of alkyl halides is 6. The summed E-state index contributed by atoms with van der Waals surface area (Å²) in [5.74, 6) is -9.99. The van der Waals surface area contributed by atoms with Crippen LogP contribution in [0, 0.1) is 0 Å². The van der Waals surface area contributed by atoms with Crippen molar-refractivity contribution in [3.8, 4) is 0 Å². The summed E-state index contributed by atoms with van der Waals surface area (Å²) in [5, 5.41) is 0. The SMILES string of the molecule is CC(F)(F)C(F)(F)OC(C)(C)C(F)(F)COCCN1C(=O)c2ccccc2C1=O. The number of hydrogen-bond acceptors (Lipinski definition) is 4. The van der Waals surface area contributed by atoms with Crippen LogP contribution in [0.15, 0.2) is 24.3 Å². The number of imide groups is 1. The Labute approximate surface area is 162 Å². The molecule has 162 valence electrons. The van der Waals surface area contributed by atoms with Gasteiger partial charge in [0.15, 0.2) is 0 Å². The second kappa shape index (κ2) is 7.60. The maximum absolute atomic E-state index is 14.2. The van der Waals surface area contributed by atoms with Crippen molar-refractivity contribution in [2.45, 2.75) is 44.3 Å². The van der Waals surface area contributed by atoms with Gasteiger partial charge in [0.25, 0.3) is 17.7 Å². The average molecular weight is 427 g/mol. The topological polar surface area (TPSA) is 55.8 Å². The summed E-state index contributed by atoms with van der Waals surface area (Å²) in [6.45, 7) is -1.42. The van der Waals surface area contributed by atoms with Crippen LogP contribution in [0.1, 0.15) is 41.5 Å². The van der Waals surface area contributed by atoms with Crippen molar-refractivity contribution >= 4 is 11.8 Å². The van der Waals surface area contributed by atoms with E-state index in [0.717, 1.165) is 4.90 Å². The molecule has 0 aliphatic carbocycles. The molecule has 0 saturated carbocycles. The summed E-state index contributed by atoms with van der Waals surface area (Å²) < 4.78 is 89.3. The molecule has 0 spiro atoms. The summed E-state index contributed by atoms with van der Waals surface area (Å²) in [4.78, 5) is 25.1. The van der Waals surface area contributed by atoms with Gasteiger partial charge < -0.3 is 9.47 Å². The first-order valence-corrected chi connectivity index (χ1v) is 8.47. The first kappa shape index (κ1) is 23.1. The highest BCUT2D eigenvalue weighted by Gasteiger charge is 2.61. The van der Waals surface area contributed by atoms with E-state index < -0.39 is 48.6 Å². The minimum absolute atomic E-state index is 0.153. The van der Waals surface area contributed by atoms with Crippen LogP contribution in [-0.4, -0.2) is 60.0 Å². The number of ether oxygens (including phenoxy) is 2. The van der Waals surface area contributed by atoms with Gasteiger partial charge in [-0.3, -0.25) is 14.5 Å². The Morgan fingerprint density at radius 3 is 1.83 bits per heavy atom. The molecule has 0 aromatic heterocycles. The predicted molar refractivity (Wildman–Crippen MR) is 88.3 cm³/mol. The molecular formula is C18H19F6NO4. The molecule has 0 bridgehead atoms. The van der Waals surface area contributed by atoms with Crippen molar-refractivity contribution in [1.29, 1.82) is 0 Å². The van der Waals surface area contributed by atoms with Crippen molar-refractivity contribution in [2.24, 2.45) is 0 Å². The molecule has 29 heavy (non-hydrogen) atoms. The molecule has 2 rings (SSSR count). The van der Waals surface area contributed by atoms with E-state index in [4.69, 9.17) is 4.74 Å². The van der Waals surface area contributed by atoms with Crippen LogP contribution in [0.3, 0.4) is 0 Å². The van der Waals surface area contributed by atoms with E-state index in [1.54, 1.807) is 12.1 Å². The second-order valence-electron chi connectivity index (χ2n) is 7.08. The zero-order valence-electron chi connectivity index (χ0n) is 15.8. The van der Waals surface area contributed by atoms with Crippen molar-refractivity contribution < 1.29 is 45.4 Å². The lowest BCUT2D eigenvalue weighted by Crippen LogP contribution is -2.55. The third-order valence-electron chi connectivity index (χ3n) is 4.40. The van der Waals surface area contributed by atoms with Crippen molar-refractivity contribution in [1.82, 2.24) is 4.90 Å². The van der Waals surface area contributed by atoms with Crippen LogP contribution in [0.4, 0.5) is 26.3 Å². The first-order chi connectivity index (χ1) is 13.1. The summed E-state index contributed by atoms with van der Waals surface area (Å²) in [5.41, 5.74) is -2.66. The van der Waals surface area contributed by atoms with Gasteiger partial charge >= 0.3 is 12.0 Å². The molecule has 1 aromatic carbocycles. The normalized spacial score (nSPS) is 15.8. The molecule has 5 nitrogen and oxygen atoms in total. The number of halogens is 6. The molecule has 1 heterocycles. The van der Waals surface area contributed by atoms with Crippen LogP contribution >= 0.6 is 0 Å². The third-order valence-corrected chi connectivity index (χ3v) is 4.40. The molecule has 1 aliphatic heterocycles. The number of hydrogen-bond donors (Lipinski definition) is 0. The molecule has 0 saturated heterocycles. The Morgan fingerprint density at radius 2 is 1.38 bits per heavy atom. The van der Waals surface area contributed by atoms with Gasteiger partial charge in [-0.15, -0.1) is 0 Å². The van der Waals surface area contributed by atoms with Crippen LogP contribution in [0.5, 0.6) is 0 Å². The Bertz CT molecular complexity index is 756. The quantitative estimate of drug-likeness (QED) is 0.340. The monoisotopic (exact) mass is 427 g/mol. The molecule has 0 N–H and O–H groups in total. The van der Waals surface area contributed by atoms with Crippen molar-refractivity contribution in [2.75, 3.05) is 19.8 Å². The second-order valence-corrected chi connectivity index (χ2v) is 7.08. The fraction of sp³-hybridized carbons (Fsp3) is 0.556. The number of fused-ring (bicyclic) bond motifs is 1. The fourth-order valence-corrected chi connectivity index (χ4v) is 2.46. The highest BCUT2D eigenvalue weighted by Crippen LogP contribution is 2.42. The molecule has 0 atom stereocenters. The number of amides is 2. The molecule has 0 fully saturated rings. The van der Waals surface area contributed by atoms with Crippen LogP contribution in [0.25, 0.3) is 0 Å². The van der Waals surface area contributed by atoms with E-state index in [0.29, 0.717) is 13.8 Å². The van der Waals surface area contributed by atoms with E-state index in [1.807, 2.05) is 0 Å². The highest BCUT2D eigenvalue weighted by molar-refractivity contribution is 6.21. The van der Waals surface area contributed by atoms with Crippen LogP contribution in [-0.2, 0) is 9.47 Å². The number of benzene rings is 1. The van der Waals surface area contributed by atoms with Crippen molar-refractivity contribution in [3.63, 3.8) is 0 Å². The fourth-order valence-electron chi connectivity index (χ4n) is 2.46. The maximum Gasteiger partial charge on any atom is 0.419 e. The van der Waals surface area contributed by atoms with Gasteiger partial charge in [0, 0.05) is 6.92 Å². The zero-order chi connectivity index (χ0) is 22.3. The Kier molecular flexibility index (Phi) is 6.06. The summed E-state index contributed by atoms with van der Waals surface area (Å²) in [7, 11) is 0. The third kappa shape index (κ3) is 4.55. The predicted octanol–water partition coefficient (Wildman–Crippen LogP) is 3.98. The van der Waals surface area contributed by atoms with E-state index >= 15 is 0 Å². The summed E-state index contributed by atoms with van der Waals surface area (Å²) in [6.07, 6.45) is -5.12. The zero-order valence-corrected chi connectivity index (χ0v) is 15.8. The van der Waals surface area contributed by atoms with Gasteiger partial charge in [0.2, 0.25) is 0 Å². The maximum atomic E-state index is 14.2. The van der Waals surface area contributed by atoms with Gasteiger partial charge in [0.1, 0.15) is 12.2 Å². The van der Waals surface area contributed by atoms with Gasteiger partial charge in [-0.25, -0.2) is 8.78 Å². The van der Waals surface area contributed by atoms with E-state index in [9.17, 15) is 35.9 Å². The highest BCUT2D eigenvalue weighted by atomic mass is 19.3. The lowest BCUT2D eigenvalue weighted by Gasteiger charge is -2.37. The lowest BCUT2D eigenvalue weighted by molar-refractivity contribution is -0.397. The van der Waals surface area contributed by atoms with E-state index in [1.165, 1.54) is 12.1 Å². The molecule has 0 radical (unpaired) electrons. The summed E-state index contributed by atoms with van der Waals surface area (Å²) in [6, 6.07) is 5.99. The number of carbonyl (C=O) groups excluding carboxylic acids is 2. The number of carbonyl (C=O) groups is 2. The van der Waals surface area contributed by atoms with E-state index in [-0.39, 0.29) is 24.6 Å². The van der Waals surface area contributed by atoms with Gasteiger partial charge in [-0.05, 0) is 26.0 Å². The average Bonchev–Trinajstić information content (AvgIpc) is 2.81. The first-order valence-electron chi connectivity index (χ1n) is 8.47. The standard InChI is InChI=1S/C18H19F6NO4/c1-15(2,29-18(23,24)16(3,19)20)17(21,22)10-28-9-8-25-13(26)11-6-4-5-7-12(11)14(25)27/h4-7H,8-10H2,1-3H3. The Morgan fingerprint density at radius 1 is 0.897 bits per heavy atom. The lowest BCUT2D eigenvalue weighted by atomic mass is 10.0. The molecule has 1 aromatic rings. The van der Waals surface area contributed by atoms with Gasteiger partial charge in [-0.1, -0.05) is 12.1 Å². The molecule has 2 amide bonds. The molecular weight excluding hydrogens is 408 g/mol. The molecule has 1 aliphatic rings. The van der Waals surface area contributed by atoms with E-state index in [2.05, 4.69) is 4.74 Å². The molecule has 0 unspecified atom stereocenters. The Hall–Kier alpha value is -2.14. The smallest absolute Gasteiger partial charge is 0.373 e. The Balaban J connectivity index is 1.93. The minimum Gasteiger partial charge on any atom is -0.373 e. The van der Waals surface area contributed by atoms with Gasteiger partial charge in [0.05, 0.1) is 24.3 Å².